The first kappa shape index (κ1) is 17.6. The smallest absolute Gasteiger partial charge is 0.257 e. The first-order valence-corrected chi connectivity index (χ1v) is 9.89. The van der Waals surface area contributed by atoms with Gasteiger partial charge in [0.15, 0.2) is 11.5 Å². The van der Waals surface area contributed by atoms with E-state index in [-0.39, 0.29) is 12.1 Å². The number of benzene rings is 3. The van der Waals surface area contributed by atoms with Crippen molar-refractivity contribution in [3.8, 4) is 11.5 Å². The lowest BCUT2D eigenvalue weighted by atomic mass is 10.0. The summed E-state index contributed by atoms with van der Waals surface area (Å²) in [5.74, 6) is 1.51. The first-order valence-electron chi connectivity index (χ1n) is 9.89. The van der Waals surface area contributed by atoms with Crippen LogP contribution in [-0.2, 0) is 6.42 Å². The van der Waals surface area contributed by atoms with E-state index in [1.807, 2.05) is 65.6 Å². The van der Waals surface area contributed by atoms with Crippen LogP contribution in [0.15, 0.2) is 72.8 Å². The van der Waals surface area contributed by atoms with E-state index >= 15 is 0 Å². The van der Waals surface area contributed by atoms with Gasteiger partial charge in [-0.2, -0.15) is 0 Å². The number of para-hydroxylation sites is 1. The Kier molecular flexibility index (Phi) is 4.56. The van der Waals surface area contributed by atoms with Gasteiger partial charge >= 0.3 is 0 Å². The van der Waals surface area contributed by atoms with Crippen LogP contribution in [0.3, 0.4) is 0 Å². The third-order valence-electron chi connectivity index (χ3n) is 5.39. The Hall–Kier alpha value is -3.47. The van der Waals surface area contributed by atoms with Gasteiger partial charge in [0.2, 0.25) is 0 Å². The summed E-state index contributed by atoms with van der Waals surface area (Å²) >= 11 is 0. The molecule has 5 heteroatoms. The number of rotatable bonds is 4. The van der Waals surface area contributed by atoms with Crippen molar-refractivity contribution in [2.75, 3.05) is 25.1 Å². The molecule has 2 aliphatic rings. The molecule has 0 fully saturated rings. The number of nitrogens with one attached hydrogen (secondary N) is 1. The summed E-state index contributed by atoms with van der Waals surface area (Å²) in [6.45, 7) is 1.71. The fourth-order valence-corrected chi connectivity index (χ4v) is 3.91. The number of fused-ring (bicyclic) bond motifs is 2. The van der Waals surface area contributed by atoms with Crippen molar-refractivity contribution < 1.29 is 14.3 Å². The van der Waals surface area contributed by atoms with E-state index in [1.54, 1.807) is 0 Å². The standard InChI is InChI=1S/C24H22N2O3/c27-24-19-8-4-5-9-20(19)25-23(26(24)13-12-17-6-2-1-3-7-17)18-10-11-21-22(16-18)29-15-14-28-21/h1-11,16,23,25H,12-15H2/t23-/m0/s1. The SMILES string of the molecule is O=C1c2ccccc2N[C@H](c2ccc3c(c2)OCCO3)N1CCc1ccccc1. The number of anilines is 1. The van der Waals surface area contributed by atoms with Gasteiger partial charge in [0.25, 0.3) is 5.91 Å². The predicted octanol–water partition coefficient (Wildman–Crippen LogP) is 4.27. The Bertz CT molecular complexity index is 1040. The molecule has 0 spiro atoms. The third-order valence-corrected chi connectivity index (χ3v) is 5.39. The van der Waals surface area contributed by atoms with Crippen LogP contribution in [0.2, 0.25) is 0 Å². The van der Waals surface area contributed by atoms with Crippen LogP contribution in [0, 0.1) is 0 Å². The zero-order valence-corrected chi connectivity index (χ0v) is 16.0. The Morgan fingerprint density at radius 1 is 0.897 bits per heavy atom. The molecule has 0 unspecified atom stereocenters. The van der Waals surface area contributed by atoms with Crippen LogP contribution in [0.1, 0.15) is 27.7 Å². The Morgan fingerprint density at radius 2 is 1.66 bits per heavy atom. The van der Waals surface area contributed by atoms with E-state index in [4.69, 9.17) is 9.47 Å². The van der Waals surface area contributed by atoms with Gasteiger partial charge in [-0.3, -0.25) is 4.79 Å². The normalized spacial score (nSPS) is 17.4. The van der Waals surface area contributed by atoms with Gasteiger partial charge in [0.05, 0.1) is 5.56 Å². The molecular weight excluding hydrogens is 364 g/mol. The van der Waals surface area contributed by atoms with Gasteiger partial charge in [0.1, 0.15) is 19.4 Å². The van der Waals surface area contributed by atoms with Crippen LogP contribution >= 0.6 is 0 Å². The molecule has 5 rings (SSSR count). The van der Waals surface area contributed by atoms with Crippen LogP contribution in [0.4, 0.5) is 5.69 Å². The lowest BCUT2D eigenvalue weighted by Crippen LogP contribution is -2.44. The number of nitrogens with zero attached hydrogens (tertiary/aromatic N) is 1. The molecule has 3 aromatic rings. The maximum atomic E-state index is 13.3. The fraction of sp³-hybridized carbons (Fsp3) is 0.208. The minimum absolute atomic E-state index is 0.0372. The summed E-state index contributed by atoms with van der Waals surface area (Å²) < 4.78 is 11.4. The predicted molar refractivity (Wildman–Crippen MR) is 111 cm³/mol. The Balaban J connectivity index is 1.49. The maximum Gasteiger partial charge on any atom is 0.257 e. The third kappa shape index (κ3) is 3.40. The summed E-state index contributed by atoms with van der Waals surface area (Å²) in [7, 11) is 0. The molecule has 29 heavy (non-hydrogen) atoms. The molecule has 1 N–H and O–H groups in total. The lowest BCUT2D eigenvalue weighted by molar-refractivity contribution is 0.0685. The largest absolute Gasteiger partial charge is 0.486 e. The summed E-state index contributed by atoms with van der Waals surface area (Å²) in [4.78, 5) is 15.2. The number of carbonyl (C=O) groups is 1. The molecule has 0 aromatic heterocycles. The van der Waals surface area contributed by atoms with Crippen molar-refractivity contribution in [2.24, 2.45) is 0 Å². The van der Waals surface area contributed by atoms with Crippen LogP contribution in [0.5, 0.6) is 11.5 Å². The minimum Gasteiger partial charge on any atom is -0.486 e. The highest BCUT2D eigenvalue weighted by Crippen LogP contribution is 2.37. The van der Waals surface area contributed by atoms with Gasteiger partial charge in [0, 0.05) is 12.2 Å². The molecule has 0 saturated carbocycles. The summed E-state index contributed by atoms with van der Waals surface area (Å²) in [6, 6.07) is 23.8. The number of hydrogen-bond acceptors (Lipinski definition) is 4. The lowest BCUT2D eigenvalue weighted by Gasteiger charge is -2.38. The molecule has 0 aliphatic carbocycles. The van der Waals surface area contributed by atoms with Crippen molar-refractivity contribution in [1.29, 1.82) is 0 Å². The molecule has 2 heterocycles. The van der Waals surface area contributed by atoms with Crippen LogP contribution < -0.4 is 14.8 Å². The van der Waals surface area contributed by atoms with Crippen molar-refractivity contribution in [3.05, 3.63) is 89.5 Å². The van der Waals surface area contributed by atoms with Gasteiger partial charge in [-0.05, 0) is 41.8 Å². The van der Waals surface area contributed by atoms with Crippen molar-refractivity contribution in [3.63, 3.8) is 0 Å². The first-order chi connectivity index (χ1) is 14.3. The fourth-order valence-electron chi connectivity index (χ4n) is 3.91. The number of ether oxygens (including phenoxy) is 2. The van der Waals surface area contributed by atoms with Crippen molar-refractivity contribution in [1.82, 2.24) is 4.90 Å². The Labute approximate surface area is 169 Å². The second-order valence-corrected chi connectivity index (χ2v) is 7.23. The van der Waals surface area contributed by atoms with E-state index in [2.05, 4.69) is 17.4 Å². The van der Waals surface area contributed by atoms with Crippen LogP contribution in [0.25, 0.3) is 0 Å². The van der Waals surface area contributed by atoms with E-state index in [9.17, 15) is 4.79 Å². The zero-order valence-electron chi connectivity index (χ0n) is 16.0. The second-order valence-electron chi connectivity index (χ2n) is 7.23. The van der Waals surface area contributed by atoms with E-state index in [0.717, 1.165) is 29.2 Å². The highest BCUT2D eigenvalue weighted by Gasteiger charge is 2.33. The highest BCUT2D eigenvalue weighted by molar-refractivity contribution is 6.01. The molecule has 1 amide bonds. The molecule has 5 nitrogen and oxygen atoms in total. The van der Waals surface area contributed by atoms with Gasteiger partial charge in [-0.25, -0.2) is 0 Å². The van der Waals surface area contributed by atoms with Gasteiger partial charge in [-0.15, -0.1) is 0 Å². The van der Waals surface area contributed by atoms with Crippen molar-refractivity contribution in [2.45, 2.75) is 12.6 Å². The molecule has 0 bridgehead atoms. The quantitative estimate of drug-likeness (QED) is 0.728. The summed E-state index contributed by atoms with van der Waals surface area (Å²) in [5.41, 5.74) is 3.74. The monoisotopic (exact) mass is 386 g/mol. The Morgan fingerprint density at radius 3 is 2.52 bits per heavy atom. The van der Waals surface area contributed by atoms with E-state index < -0.39 is 0 Å². The number of carbonyl (C=O) groups excluding carboxylic acids is 1. The van der Waals surface area contributed by atoms with Gasteiger partial charge in [-0.1, -0.05) is 48.5 Å². The summed E-state index contributed by atoms with van der Waals surface area (Å²) in [6.07, 6.45) is 0.522. The molecular formula is C24H22N2O3. The molecule has 2 aliphatic heterocycles. The van der Waals surface area contributed by atoms with Crippen LogP contribution in [-0.4, -0.2) is 30.6 Å². The van der Waals surface area contributed by atoms with Gasteiger partial charge < -0.3 is 19.7 Å². The maximum absolute atomic E-state index is 13.3. The number of amides is 1. The summed E-state index contributed by atoms with van der Waals surface area (Å²) in [5, 5.41) is 3.55. The van der Waals surface area contributed by atoms with Crippen molar-refractivity contribution >= 4 is 11.6 Å². The molecule has 1 atom stereocenters. The topological polar surface area (TPSA) is 50.8 Å². The van der Waals surface area contributed by atoms with E-state index in [1.165, 1.54) is 5.56 Å². The average Bonchev–Trinajstić information content (AvgIpc) is 2.79. The molecule has 146 valence electrons. The van der Waals surface area contributed by atoms with E-state index in [0.29, 0.717) is 25.3 Å². The molecule has 3 aromatic carbocycles. The zero-order chi connectivity index (χ0) is 19.6. The second kappa shape index (κ2) is 7.51. The molecule has 0 radical (unpaired) electrons. The average molecular weight is 386 g/mol. The minimum atomic E-state index is -0.267. The number of hydrogen-bond donors (Lipinski definition) is 1. The molecule has 0 saturated heterocycles. The highest BCUT2D eigenvalue weighted by atomic mass is 16.6.